The Morgan fingerprint density at radius 3 is 2.77 bits per heavy atom. The first kappa shape index (κ1) is 11.5. The normalized spacial score (nSPS) is 8.54. The van der Waals surface area contributed by atoms with Gasteiger partial charge >= 0.3 is 0 Å². The fourth-order valence-electron chi connectivity index (χ4n) is 0.652. The van der Waals surface area contributed by atoms with Crippen molar-refractivity contribution in [1.29, 1.82) is 0 Å². The zero-order valence-electron chi connectivity index (χ0n) is 8.03. The minimum Gasteiger partial charge on any atom is -0.488 e. The molecule has 0 saturated carbocycles. The molecule has 0 aliphatic heterocycles. The Hall–Kier alpha value is -1.52. The van der Waals surface area contributed by atoms with E-state index >= 15 is 0 Å². The maximum Gasteiger partial charge on any atom is 0.274 e. The third-order valence-corrected chi connectivity index (χ3v) is 1.07. The van der Waals surface area contributed by atoms with Crippen LogP contribution in [0.25, 0.3) is 0 Å². The van der Waals surface area contributed by atoms with Crippen LogP contribution in [-0.4, -0.2) is 17.7 Å². The number of nitrogens with zero attached hydrogens (tertiary/aromatic N) is 1. The Morgan fingerprint density at radius 2 is 2.31 bits per heavy atom. The lowest BCUT2D eigenvalue weighted by atomic mass is 10.4. The van der Waals surface area contributed by atoms with E-state index in [0.717, 1.165) is 0 Å². The second-order valence-corrected chi connectivity index (χ2v) is 1.82. The van der Waals surface area contributed by atoms with Gasteiger partial charge in [0.1, 0.15) is 0 Å². The van der Waals surface area contributed by atoms with Crippen LogP contribution in [0.2, 0.25) is 0 Å². The first-order chi connectivity index (χ1) is 6.25. The number of amides is 1. The number of rotatable bonds is 3. The minimum absolute atomic E-state index is 0.0341. The summed E-state index contributed by atoms with van der Waals surface area (Å²) < 4.78 is 9.46. The van der Waals surface area contributed by atoms with Gasteiger partial charge in [0.05, 0.1) is 6.61 Å². The topological polar surface area (TPSA) is 78.3 Å². The number of carbonyl (C=O) groups excluding carboxylic acids is 1. The summed E-state index contributed by atoms with van der Waals surface area (Å²) in [6.07, 6.45) is 1.24. The number of aromatic nitrogens is 1. The smallest absolute Gasteiger partial charge is 0.274 e. The number of hydrogen-bond donors (Lipinski definition) is 1. The lowest BCUT2D eigenvalue weighted by Gasteiger charge is -1.96. The van der Waals surface area contributed by atoms with Crippen molar-refractivity contribution < 1.29 is 14.1 Å². The molecule has 0 bridgehead atoms. The van der Waals surface area contributed by atoms with Crippen molar-refractivity contribution in [1.82, 2.24) is 5.16 Å². The minimum atomic E-state index is -0.651. The van der Waals surface area contributed by atoms with Crippen molar-refractivity contribution in [3.63, 3.8) is 0 Å². The second kappa shape index (κ2) is 6.05. The first-order valence-corrected chi connectivity index (χ1v) is 4.12. The first-order valence-electron chi connectivity index (χ1n) is 4.12. The molecular weight excluding hydrogens is 172 g/mol. The molecule has 0 aliphatic rings. The Kier molecular flexibility index (Phi) is 5.34. The lowest BCUT2D eigenvalue weighted by molar-refractivity contribution is 0.0988. The van der Waals surface area contributed by atoms with Crippen LogP contribution in [0.15, 0.2) is 10.8 Å². The quantitative estimate of drug-likeness (QED) is 0.769. The summed E-state index contributed by atoms with van der Waals surface area (Å²) in [6, 6.07) is 0. The van der Waals surface area contributed by atoms with Crippen LogP contribution < -0.4 is 10.5 Å². The van der Waals surface area contributed by atoms with Crippen molar-refractivity contribution in [2.75, 3.05) is 6.61 Å². The molecule has 1 aromatic rings. The van der Waals surface area contributed by atoms with Gasteiger partial charge in [-0.25, -0.2) is 0 Å². The summed E-state index contributed by atoms with van der Waals surface area (Å²) in [6.45, 7) is 6.24. The molecule has 5 heteroatoms. The third kappa shape index (κ3) is 3.14. The fourth-order valence-corrected chi connectivity index (χ4v) is 0.652. The van der Waals surface area contributed by atoms with Gasteiger partial charge in [0.25, 0.3) is 5.91 Å². The number of ether oxygens (including phenoxy) is 1. The van der Waals surface area contributed by atoms with Gasteiger partial charge in [0.15, 0.2) is 12.0 Å². The number of carbonyl (C=O) groups is 1. The highest BCUT2D eigenvalue weighted by atomic mass is 16.5. The summed E-state index contributed by atoms with van der Waals surface area (Å²) in [7, 11) is 0. The molecule has 1 heterocycles. The standard InChI is InChI=1S/C6H8N2O3.C2H6/c1-2-10-4-3-11-8-5(4)6(7)9;1-2/h3H,2H2,1H3,(H2,7,9);1-2H3. The highest BCUT2D eigenvalue weighted by molar-refractivity contribution is 5.93. The van der Waals surface area contributed by atoms with E-state index in [1.54, 1.807) is 6.92 Å². The zero-order chi connectivity index (χ0) is 10.3. The van der Waals surface area contributed by atoms with Crippen LogP contribution in [0.5, 0.6) is 5.75 Å². The predicted octanol–water partition coefficient (Wildman–Crippen LogP) is 1.20. The number of primary amides is 1. The maximum atomic E-state index is 10.6. The average Bonchev–Trinajstić information content (AvgIpc) is 2.57. The lowest BCUT2D eigenvalue weighted by Crippen LogP contribution is -2.12. The maximum absolute atomic E-state index is 10.6. The molecule has 74 valence electrons. The van der Waals surface area contributed by atoms with Gasteiger partial charge in [-0.3, -0.25) is 4.79 Å². The van der Waals surface area contributed by atoms with Crippen LogP contribution >= 0.6 is 0 Å². The van der Waals surface area contributed by atoms with E-state index in [-0.39, 0.29) is 5.69 Å². The molecule has 0 radical (unpaired) electrons. The van der Waals surface area contributed by atoms with Gasteiger partial charge in [-0.05, 0) is 6.92 Å². The van der Waals surface area contributed by atoms with E-state index in [0.29, 0.717) is 12.4 Å². The molecule has 13 heavy (non-hydrogen) atoms. The Bertz CT molecular complexity index is 258. The summed E-state index contributed by atoms with van der Waals surface area (Å²) >= 11 is 0. The largest absolute Gasteiger partial charge is 0.488 e. The molecule has 0 saturated heterocycles. The molecule has 0 aliphatic carbocycles. The van der Waals surface area contributed by atoms with Gasteiger partial charge in [0.2, 0.25) is 5.69 Å². The molecule has 5 nitrogen and oxygen atoms in total. The van der Waals surface area contributed by atoms with Crippen LogP contribution in [0.1, 0.15) is 31.3 Å². The molecule has 0 fully saturated rings. The van der Waals surface area contributed by atoms with E-state index in [1.165, 1.54) is 6.26 Å². The van der Waals surface area contributed by atoms with Gasteiger partial charge in [-0.15, -0.1) is 0 Å². The number of hydrogen-bond acceptors (Lipinski definition) is 4. The molecule has 1 amide bonds. The molecule has 1 aromatic heterocycles. The van der Waals surface area contributed by atoms with Crippen LogP contribution in [0.3, 0.4) is 0 Å². The molecular formula is C8H14N2O3. The summed E-state index contributed by atoms with van der Waals surface area (Å²) in [4.78, 5) is 10.6. The second-order valence-electron chi connectivity index (χ2n) is 1.82. The van der Waals surface area contributed by atoms with Crippen molar-refractivity contribution in [2.24, 2.45) is 5.73 Å². The van der Waals surface area contributed by atoms with Crippen molar-refractivity contribution in [2.45, 2.75) is 20.8 Å². The third-order valence-electron chi connectivity index (χ3n) is 1.07. The Labute approximate surface area is 76.8 Å². The average molecular weight is 186 g/mol. The summed E-state index contributed by atoms with van der Waals surface area (Å²) in [5.41, 5.74) is 4.98. The zero-order valence-corrected chi connectivity index (χ0v) is 8.03. The fraction of sp³-hybridized carbons (Fsp3) is 0.500. The predicted molar refractivity (Wildman–Crippen MR) is 47.5 cm³/mol. The van der Waals surface area contributed by atoms with Gasteiger partial charge in [-0.2, -0.15) is 0 Å². The van der Waals surface area contributed by atoms with Crippen LogP contribution in [0, 0.1) is 0 Å². The van der Waals surface area contributed by atoms with Gasteiger partial charge in [0, 0.05) is 0 Å². The SMILES string of the molecule is CC.CCOc1conc1C(N)=O. The molecule has 2 N–H and O–H groups in total. The van der Waals surface area contributed by atoms with Gasteiger partial charge in [-0.1, -0.05) is 19.0 Å². The van der Waals surface area contributed by atoms with E-state index in [2.05, 4.69) is 9.68 Å². The molecule has 1 rings (SSSR count). The van der Waals surface area contributed by atoms with Crippen LogP contribution in [-0.2, 0) is 0 Å². The molecule has 0 spiro atoms. The molecule has 0 aromatic carbocycles. The highest BCUT2D eigenvalue weighted by Crippen LogP contribution is 2.14. The molecule has 0 unspecified atom stereocenters. The highest BCUT2D eigenvalue weighted by Gasteiger charge is 2.13. The molecule has 0 atom stereocenters. The van der Waals surface area contributed by atoms with Crippen LogP contribution in [0.4, 0.5) is 0 Å². The van der Waals surface area contributed by atoms with E-state index in [9.17, 15) is 4.79 Å². The monoisotopic (exact) mass is 186 g/mol. The Morgan fingerprint density at radius 1 is 1.69 bits per heavy atom. The summed E-state index contributed by atoms with van der Waals surface area (Å²) in [5.74, 6) is -0.359. The van der Waals surface area contributed by atoms with E-state index in [1.807, 2.05) is 13.8 Å². The number of nitrogens with two attached hydrogens (primary N) is 1. The van der Waals surface area contributed by atoms with Crippen molar-refractivity contribution in [3.8, 4) is 5.75 Å². The van der Waals surface area contributed by atoms with Crippen molar-refractivity contribution >= 4 is 5.91 Å². The van der Waals surface area contributed by atoms with Crippen molar-refractivity contribution in [3.05, 3.63) is 12.0 Å². The summed E-state index contributed by atoms with van der Waals surface area (Å²) in [5, 5.41) is 3.36. The van der Waals surface area contributed by atoms with E-state index in [4.69, 9.17) is 10.5 Å². The Balaban J connectivity index is 0.000000671. The van der Waals surface area contributed by atoms with E-state index < -0.39 is 5.91 Å². The van der Waals surface area contributed by atoms with Gasteiger partial charge < -0.3 is 15.0 Å².